The maximum absolute atomic E-state index is 12.8. The van der Waals surface area contributed by atoms with Gasteiger partial charge in [-0.2, -0.15) is 0 Å². The predicted molar refractivity (Wildman–Crippen MR) is 119 cm³/mol. The van der Waals surface area contributed by atoms with E-state index >= 15 is 0 Å². The van der Waals surface area contributed by atoms with Crippen molar-refractivity contribution in [3.8, 4) is 17.2 Å². The highest BCUT2D eigenvalue weighted by Gasteiger charge is 2.24. The number of hydrogen-bond acceptors (Lipinski definition) is 7. The first-order valence-electron chi connectivity index (χ1n) is 9.82. The summed E-state index contributed by atoms with van der Waals surface area (Å²) in [7, 11) is -1.11. The standard InChI is InChI=1S/C21H25ClN2O7S/c1-14(21(25)24-8-10-30-11-9-24)31-15-4-6-16(7-5-15)32(26,27)23-18-13-19(28-2)17(22)12-20(18)29-3/h4-7,12-14,23H,8-11H2,1-3H3/t14-/m0/s1. The smallest absolute Gasteiger partial charge is 0.263 e. The molecule has 9 nitrogen and oxygen atoms in total. The molecule has 0 bridgehead atoms. The van der Waals surface area contributed by atoms with Crippen molar-refractivity contribution in [1.82, 2.24) is 4.90 Å². The van der Waals surface area contributed by atoms with Crippen LogP contribution in [0.3, 0.4) is 0 Å². The Kier molecular flexibility index (Phi) is 7.70. The fourth-order valence-electron chi connectivity index (χ4n) is 3.14. The maximum Gasteiger partial charge on any atom is 0.263 e. The number of carbonyl (C=O) groups is 1. The van der Waals surface area contributed by atoms with Crippen molar-refractivity contribution in [1.29, 1.82) is 0 Å². The Bertz CT molecular complexity index is 1050. The third-order valence-corrected chi connectivity index (χ3v) is 6.51. The van der Waals surface area contributed by atoms with Gasteiger partial charge in [-0.05, 0) is 31.2 Å². The van der Waals surface area contributed by atoms with E-state index in [4.69, 9.17) is 30.5 Å². The summed E-state index contributed by atoms with van der Waals surface area (Å²) >= 11 is 6.07. The molecule has 0 spiro atoms. The quantitative estimate of drug-likeness (QED) is 0.614. The minimum atomic E-state index is -3.94. The number of anilines is 1. The maximum atomic E-state index is 12.8. The van der Waals surface area contributed by atoms with Gasteiger partial charge in [0, 0.05) is 25.2 Å². The summed E-state index contributed by atoms with van der Waals surface area (Å²) in [6.07, 6.45) is -0.709. The van der Waals surface area contributed by atoms with E-state index in [1.807, 2.05) is 0 Å². The molecule has 1 saturated heterocycles. The van der Waals surface area contributed by atoms with Crippen LogP contribution in [-0.4, -0.2) is 65.9 Å². The monoisotopic (exact) mass is 484 g/mol. The van der Waals surface area contributed by atoms with Crippen LogP contribution in [0.1, 0.15) is 6.92 Å². The minimum Gasteiger partial charge on any atom is -0.495 e. The number of hydrogen-bond donors (Lipinski definition) is 1. The molecule has 3 rings (SSSR count). The Balaban J connectivity index is 1.71. The van der Waals surface area contributed by atoms with Gasteiger partial charge >= 0.3 is 0 Å². The number of ether oxygens (including phenoxy) is 4. The van der Waals surface area contributed by atoms with Crippen molar-refractivity contribution in [3.05, 3.63) is 41.4 Å². The molecule has 1 amide bonds. The third-order valence-electron chi connectivity index (χ3n) is 4.84. The van der Waals surface area contributed by atoms with Gasteiger partial charge in [-0.15, -0.1) is 0 Å². The second-order valence-electron chi connectivity index (χ2n) is 6.96. The first kappa shape index (κ1) is 24.0. The van der Waals surface area contributed by atoms with Crippen molar-refractivity contribution >= 4 is 33.2 Å². The SMILES string of the molecule is COc1cc(NS(=O)(=O)c2ccc(O[C@@H](C)C(=O)N3CCOCC3)cc2)c(OC)cc1Cl. The molecule has 0 radical (unpaired) electrons. The van der Waals surface area contributed by atoms with Gasteiger partial charge in [0.1, 0.15) is 17.2 Å². The molecule has 32 heavy (non-hydrogen) atoms. The van der Waals surface area contributed by atoms with E-state index in [0.29, 0.717) is 37.8 Å². The van der Waals surface area contributed by atoms with Gasteiger partial charge in [-0.25, -0.2) is 8.42 Å². The van der Waals surface area contributed by atoms with Crippen LogP contribution in [0.5, 0.6) is 17.2 Å². The molecule has 2 aromatic rings. The van der Waals surface area contributed by atoms with Gasteiger partial charge in [0.15, 0.2) is 6.10 Å². The van der Waals surface area contributed by atoms with Gasteiger partial charge in [-0.1, -0.05) is 11.6 Å². The minimum absolute atomic E-state index is 0.00739. The highest BCUT2D eigenvalue weighted by Crippen LogP contribution is 2.37. The number of nitrogens with zero attached hydrogens (tertiary/aromatic N) is 1. The lowest BCUT2D eigenvalue weighted by Gasteiger charge is -2.29. The van der Waals surface area contributed by atoms with Crippen molar-refractivity contribution < 1.29 is 32.2 Å². The third kappa shape index (κ3) is 5.56. The number of sulfonamides is 1. The highest BCUT2D eigenvalue weighted by atomic mass is 35.5. The molecule has 0 saturated carbocycles. The second-order valence-corrected chi connectivity index (χ2v) is 9.05. The van der Waals surface area contributed by atoms with Crippen LogP contribution >= 0.6 is 11.6 Å². The molecular weight excluding hydrogens is 460 g/mol. The number of halogens is 1. The average molecular weight is 485 g/mol. The number of benzene rings is 2. The molecule has 0 aliphatic carbocycles. The highest BCUT2D eigenvalue weighted by molar-refractivity contribution is 7.92. The van der Waals surface area contributed by atoms with Crippen molar-refractivity contribution in [3.63, 3.8) is 0 Å². The van der Waals surface area contributed by atoms with Crippen molar-refractivity contribution in [2.24, 2.45) is 0 Å². The van der Waals surface area contributed by atoms with Crippen LogP contribution in [0, 0.1) is 0 Å². The van der Waals surface area contributed by atoms with Gasteiger partial charge < -0.3 is 23.8 Å². The van der Waals surface area contributed by atoms with E-state index in [9.17, 15) is 13.2 Å². The summed E-state index contributed by atoms with van der Waals surface area (Å²) in [6, 6.07) is 8.68. The van der Waals surface area contributed by atoms with Gasteiger partial charge in [-0.3, -0.25) is 9.52 Å². The largest absolute Gasteiger partial charge is 0.495 e. The zero-order chi connectivity index (χ0) is 23.3. The Hall–Kier alpha value is -2.69. The molecule has 174 valence electrons. The average Bonchev–Trinajstić information content (AvgIpc) is 2.80. The molecule has 0 unspecified atom stereocenters. The normalized spacial score (nSPS) is 15.1. The lowest BCUT2D eigenvalue weighted by molar-refractivity contribution is -0.142. The summed E-state index contributed by atoms with van der Waals surface area (Å²) in [6.45, 7) is 3.71. The molecule has 1 aliphatic heterocycles. The zero-order valence-corrected chi connectivity index (χ0v) is 19.5. The first-order valence-corrected chi connectivity index (χ1v) is 11.7. The molecule has 1 aliphatic rings. The summed E-state index contributed by atoms with van der Waals surface area (Å²) < 4.78 is 49.5. The van der Waals surface area contributed by atoms with Gasteiger partial charge in [0.25, 0.3) is 15.9 Å². The van der Waals surface area contributed by atoms with E-state index in [-0.39, 0.29) is 27.3 Å². The van der Waals surface area contributed by atoms with E-state index in [1.165, 1.54) is 50.6 Å². The van der Waals surface area contributed by atoms with E-state index in [1.54, 1.807) is 11.8 Å². The summed E-state index contributed by atoms with van der Waals surface area (Å²) in [4.78, 5) is 14.2. The fourth-order valence-corrected chi connectivity index (χ4v) is 4.43. The number of rotatable bonds is 8. The van der Waals surface area contributed by atoms with Crippen LogP contribution in [0.15, 0.2) is 41.3 Å². The zero-order valence-electron chi connectivity index (χ0n) is 18.0. The number of nitrogens with one attached hydrogen (secondary N) is 1. The Labute approximate surface area is 192 Å². The van der Waals surface area contributed by atoms with Crippen LogP contribution in [0.4, 0.5) is 5.69 Å². The van der Waals surface area contributed by atoms with E-state index < -0.39 is 16.1 Å². The van der Waals surface area contributed by atoms with Gasteiger partial charge in [0.2, 0.25) is 0 Å². The number of methoxy groups -OCH3 is 2. The summed E-state index contributed by atoms with van der Waals surface area (Å²) in [5, 5.41) is 0.287. The molecule has 1 fully saturated rings. The van der Waals surface area contributed by atoms with Crippen molar-refractivity contribution in [2.75, 3.05) is 45.2 Å². The molecule has 2 aromatic carbocycles. The molecule has 1 atom stereocenters. The lowest BCUT2D eigenvalue weighted by atomic mass is 10.3. The van der Waals surface area contributed by atoms with Crippen LogP contribution in [0.2, 0.25) is 5.02 Å². The van der Waals surface area contributed by atoms with Crippen LogP contribution < -0.4 is 18.9 Å². The van der Waals surface area contributed by atoms with E-state index in [2.05, 4.69) is 4.72 Å². The van der Waals surface area contributed by atoms with E-state index in [0.717, 1.165) is 0 Å². The Morgan fingerprint density at radius 3 is 2.31 bits per heavy atom. The second kappa shape index (κ2) is 10.3. The summed E-state index contributed by atoms with van der Waals surface area (Å²) in [5.41, 5.74) is 0.179. The molecular formula is C21H25ClN2O7S. The number of morpholine rings is 1. The molecule has 11 heteroatoms. The van der Waals surface area contributed by atoms with Crippen LogP contribution in [-0.2, 0) is 19.6 Å². The molecule has 0 aromatic heterocycles. The molecule has 1 N–H and O–H groups in total. The number of amides is 1. The predicted octanol–water partition coefficient (Wildman–Crippen LogP) is 2.78. The Morgan fingerprint density at radius 2 is 1.72 bits per heavy atom. The summed E-state index contributed by atoms with van der Waals surface area (Å²) in [5.74, 6) is 0.780. The Morgan fingerprint density at radius 1 is 1.09 bits per heavy atom. The van der Waals surface area contributed by atoms with Gasteiger partial charge in [0.05, 0.1) is 43.0 Å². The lowest BCUT2D eigenvalue weighted by Crippen LogP contribution is -2.46. The molecule has 1 heterocycles. The van der Waals surface area contributed by atoms with Crippen LogP contribution in [0.25, 0.3) is 0 Å². The number of carbonyl (C=O) groups excluding carboxylic acids is 1. The van der Waals surface area contributed by atoms with Crippen molar-refractivity contribution in [2.45, 2.75) is 17.9 Å². The fraction of sp³-hybridized carbons (Fsp3) is 0.381. The first-order chi connectivity index (χ1) is 15.2. The topological polar surface area (TPSA) is 103 Å².